The normalized spacial score (nSPS) is 19.0. The molecule has 0 saturated heterocycles. The summed E-state index contributed by atoms with van der Waals surface area (Å²) in [6.45, 7) is 0.237. The highest BCUT2D eigenvalue weighted by Gasteiger charge is 2.37. The first-order valence-corrected chi connectivity index (χ1v) is 7.46. The molecule has 0 unspecified atom stereocenters. The largest absolute Gasteiger partial charge is 0.329 e. The third-order valence-electron chi connectivity index (χ3n) is 3.43. The molecule has 0 bridgehead atoms. The molecule has 1 aromatic rings. The summed E-state index contributed by atoms with van der Waals surface area (Å²) < 4.78 is 40.5. The van der Waals surface area contributed by atoms with Crippen molar-refractivity contribution in [3.8, 4) is 0 Å². The predicted octanol–water partition coefficient (Wildman–Crippen LogP) is 1.38. The maximum atomic E-state index is 13.5. The molecule has 0 spiro atoms. The molecule has 1 saturated carbocycles. The van der Waals surface area contributed by atoms with Crippen LogP contribution in [0.2, 0.25) is 0 Å². The second-order valence-corrected chi connectivity index (χ2v) is 6.38. The summed E-state index contributed by atoms with van der Waals surface area (Å²) in [7, 11) is -3.85. The summed E-state index contributed by atoms with van der Waals surface area (Å²) in [5.74, 6) is -0.741. The zero-order valence-electron chi connectivity index (χ0n) is 10.0. The Bertz CT molecular complexity index is 525. The van der Waals surface area contributed by atoms with Crippen molar-refractivity contribution in [3.05, 3.63) is 30.1 Å². The van der Waals surface area contributed by atoms with Crippen LogP contribution in [0.1, 0.15) is 25.7 Å². The van der Waals surface area contributed by atoms with Gasteiger partial charge in [0.2, 0.25) is 10.0 Å². The quantitative estimate of drug-likeness (QED) is 0.869. The number of hydrogen-bond acceptors (Lipinski definition) is 3. The second-order valence-electron chi connectivity index (χ2n) is 4.73. The predicted molar refractivity (Wildman–Crippen MR) is 67.0 cm³/mol. The van der Waals surface area contributed by atoms with E-state index in [0.29, 0.717) is 12.8 Å². The molecule has 0 heterocycles. The Morgan fingerprint density at radius 2 is 1.89 bits per heavy atom. The molecule has 0 aromatic heterocycles. The Morgan fingerprint density at radius 1 is 1.28 bits per heavy atom. The lowest BCUT2D eigenvalue weighted by Gasteiger charge is -2.28. The fraction of sp³-hybridized carbons (Fsp3) is 0.500. The zero-order valence-corrected chi connectivity index (χ0v) is 10.8. The molecule has 1 aliphatic rings. The van der Waals surface area contributed by atoms with E-state index < -0.39 is 21.4 Å². The summed E-state index contributed by atoms with van der Waals surface area (Å²) >= 11 is 0. The number of halogens is 1. The molecule has 0 amide bonds. The molecule has 0 atom stereocenters. The van der Waals surface area contributed by atoms with E-state index in [0.717, 1.165) is 18.9 Å². The molecule has 6 heteroatoms. The van der Waals surface area contributed by atoms with Crippen LogP contribution in [0.25, 0.3) is 0 Å². The highest BCUT2D eigenvalue weighted by Crippen LogP contribution is 2.30. The molecule has 100 valence electrons. The fourth-order valence-corrected chi connectivity index (χ4v) is 3.95. The van der Waals surface area contributed by atoms with Crippen molar-refractivity contribution < 1.29 is 12.8 Å². The van der Waals surface area contributed by atoms with Gasteiger partial charge in [0, 0.05) is 12.1 Å². The molecule has 1 aromatic carbocycles. The van der Waals surface area contributed by atoms with Gasteiger partial charge in [0.1, 0.15) is 10.7 Å². The topological polar surface area (TPSA) is 72.2 Å². The Kier molecular flexibility index (Phi) is 3.70. The van der Waals surface area contributed by atoms with Crippen LogP contribution in [-0.2, 0) is 10.0 Å². The molecule has 18 heavy (non-hydrogen) atoms. The van der Waals surface area contributed by atoms with Crippen LogP contribution in [0.15, 0.2) is 29.2 Å². The first-order chi connectivity index (χ1) is 8.49. The fourth-order valence-electron chi connectivity index (χ4n) is 2.40. The van der Waals surface area contributed by atoms with E-state index in [9.17, 15) is 12.8 Å². The molecule has 0 radical (unpaired) electrons. The van der Waals surface area contributed by atoms with Crippen molar-refractivity contribution in [2.75, 3.05) is 6.54 Å². The minimum Gasteiger partial charge on any atom is -0.329 e. The van der Waals surface area contributed by atoms with Gasteiger partial charge in [0.05, 0.1) is 0 Å². The smallest absolute Gasteiger partial charge is 0.244 e. The summed E-state index contributed by atoms with van der Waals surface area (Å²) in [6, 6.07) is 5.36. The lowest BCUT2D eigenvalue weighted by molar-refractivity contribution is 0.398. The zero-order chi connectivity index (χ0) is 13.2. The molecule has 3 N–H and O–H groups in total. The Hall–Kier alpha value is -0.980. The molecule has 0 aliphatic heterocycles. The van der Waals surface area contributed by atoms with Crippen LogP contribution < -0.4 is 10.5 Å². The Balaban J connectivity index is 2.30. The number of nitrogens with two attached hydrogens (primary N) is 1. The second kappa shape index (κ2) is 4.95. The van der Waals surface area contributed by atoms with Crippen molar-refractivity contribution in [1.29, 1.82) is 0 Å². The standard InChI is InChI=1S/C12H17FN2O2S/c13-10-5-1-2-6-11(10)18(16,17)15-12(9-14)7-3-4-8-12/h1-2,5-6,15H,3-4,7-9,14H2. The minimum absolute atomic E-state index is 0.237. The first-order valence-electron chi connectivity index (χ1n) is 5.98. The Morgan fingerprint density at radius 3 is 2.44 bits per heavy atom. The maximum Gasteiger partial charge on any atom is 0.244 e. The van der Waals surface area contributed by atoms with Crippen LogP contribution >= 0.6 is 0 Å². The molecule has 1 fully saturated rings. The van der Waals surface area contributed by atoms with Gasteiger partial charge >= 0.3 is 0 Å². The third-order valence-corrected chi connectivity index (χ3v) is 5.04. The van der Waals surface area contributed by atoms with Crippen LogP contribution in [0.3, 0.4) is 0 Å². The van der Waals surface area contributed by atoms with Gasteiger partial charge in [0.15, 0.2) is 0 Å². The van der Waals surface area contributed by atoms with Crippen molar-refractivity contribution in [3.63, 3.8) is 0 Å². The average molecular weight is 272 g/mol. The molecule has 2 rings (SSSR count). The van der Waals surface area contributed by atoms with Crippen LogP contribution in [0, 0.1) is 5.82 Å². The van der Waals surface area contributed by atoms with E-state index in [4.69, 9.17) is 5.73 Å². The molecule has 4 nitrogen and oxygen atoms in total. The van der Waals surface area contributed by atoms with E-state index in [-0.39, 0.29) is 11.4 Å². The van der Waals surface area contributed by atoms with E-state index in [1.54, 1.807) is 0 Å². The van der Waals surface area contributed by atoms with E-state index in [2.05, 4.69) is 4.72 Å². The lowest BCUT2D eigenvalue weighted by atomic mass is 10.0. The highest BCUT2D eigenvalue weighted by atomic mass is 32.2. The van der Waals surface area contributed by atoms with E-state index >= 15 is 0 Å². The summed E-state index contributed by atoms with van der Waals surface area (Å²) in [4.78, 5) is -0.315. The van der Waals surface area contributed by atoms with E-state index in [1.165, 1.54) is 18.2 Å². The minimum atomic E-state index is -3.85. The average Bonchev–Trinajstić information content (AvgIpc) is 2.78. The van der Waals surface area contributed by atoms with Gasteiger partial charge in [-0.25, -0.2) is 17.5 Å². The van der Waals surface area contributed by atoms with Gasteiger partial charge in [-0.15, -0.1) is 0 Å². The van der Waals surface area contributed by atoms with Crippen molar-refractivity contribution in [2.45, 2.75) is 36.1 Å². The number of nitrogens with one attached hydrogen (secondary N) is 1. The number of benzene rings is 1. The van der Waals surface area contributed by atoms with Gasteiger partial charge in [0.25, 0.3) is 0 Å². The lowest BCUT2D eigenvalue weighted by Crippen LogP contribution is -2.51. The van der Waals surface area contributed by atoms with Crippen molar-refractivity contribution in [2.24, 2.45) is 5.73 Å². The van der Waals surface area contributed by atoms with Crippen LogP contribution in [0.5, 0.6) is 0 Å². The van der Waals surface area contributed by atoms with Crippen LogP contribution in [0.4, 0.5) is 4.39 Å². The van der Waals surface area contributed by atoms with Crippen LogP contribution in [-0.4, -0.2) is 20.5 Å². The van der Waals surface area contributed by atoms with Gasteiger partial charge in [-0.2, -0.15) is 0 Å². The van der Waals surface area contributed by atoms with Crippen molar-refractivity contribution >= 4 is 10.0 Å². The van der Waals surface area contributed by atoms with E-state index in [1.807, 2.05) is 0 Å². The SMILES string of the molecule is NCC1(NS(=O)(=O)c2ccccc2F)CCCC1. The van der Waals surface area contributed by atoms with Gasteiger partial charge in [-0.05, 0) is 25.0 Å². The van der Waals surface area contributed by atoms with Crippen molar-refractivity contribution in [1.82, 2.24) is 4.72 Å². The number of rotatable bonds is 4. The monoisotopic (exact) mass is 272 g/mol. The highest BCUT2D eigenvalue weighted by molar-refractivity contribution is 7.89. The number of hydrogen-bond donors (Lipinski definition) is 2. The number of sulfonamides is 1. The summed E-state index contributed by atoms with van der Waals surface area (Å²) in [6.07, 6.45) is 3.29. The van der Waals surface area contributed by atoms with Gasteiger partial charge in [-0.3, -0.25) is 0 Å². The molecular weight excluding hydrogens is 255 g/mol. The summed E-state index contributed by atoms with van der Waals surface area (Å²) in [5, 5.41) is 0. The first kappa shape index (κ1) is 13.5. The maximum absolute atomic E-state index is 13.5. The van der Waals surface area contributed by atoms with Gasteiger partial charge in [-0.1, -0.05) is 25.0 Å². The molecular formula is C12H17FN2O2S. The van der Waals surface area contributed by atoms with Gasteiger partial charge < -0.3 is 5.73 Å². The Labute approximate surface area is 106 Å². The summed E-state index contributed by atoms with van der Waals surface area (Å²) in [5.41, 5.74) is 5.06. The third kappa shape index (κ3) is 2.55. The molecule has 1 aliphatic carbocycles.